The molecule has 0 heterocycles. The second-order valence-corrected chi connectivity index (χ2v) is 5.04. The van der Waals surface area contributed by atoms with E-state index >= 15 is 0 Å². The maximum absolute atomic E-state index is 12.0. The lowest BCUT2D eigenvalue weighted by Gasteiger charge is -2.20. The molecule has 1 N–H and O–H groups in total. The fourth-order valence-corrected chi connectivity index (χ4v) is 2.90. The van der Waals surface area contributed by atoms with Crippen LogP contribution in [0.5, 0.6) is 0 Å². The van der Waals surface area contributed by atoms with Gasteiger partial charge in [0.15, 0.2) is 0 Å². The predicted octanol–water partition coefficient (Wildman–Crippen LogP) is 1.45. The first-order valence-electron chi connectivity index (χ1n) is 6.36. The van der Waals surface area contributed by atoms with Crippen LogP contribution in [0, 0.1) is 18.8 Å². The smallest absolute Gasteiger partial charge is 0.316 e. The summed E-state index contributed by atoms with van der Waals surface area (Å²) in [6.07, 6.45) is 0.286. The van der Waals surface area contributed by atoms with Gasteiger partial charge in [-0.2, -0.15) is 0 Å². The van der Waals surface area contributed by atoms with Gasteiger partial charge in [0.1, 0.15) is 11.7 Å². The molecule has 0 saturated heterocycles. The number of hydrogen-bond acceptors (Lipinski definition) is 4. The van der Waals surface area contributed by atoms with Gasteiger partial charge in [-0.25, -0.2) is 0 Å². The van der Waals surface area contributed by atoms with Crippen molar-refractivity contribution in [3.63, 3.8) is 0 Å². The molecule has 1 aliphatic rings. The van der Waals surface area contributed by atoms with Crippen molar-refractivity contribution >= 4 is 11.8 Å². The molecule has 4 heteroatoms. The fourth-order valence-electron chi connectivity index (χ4n) is 2.90. The first-order valence-corrected chi connectivity index (χ1v) is 6.36. The van der Waals surface area contributed by atoms with E-state index in [4.69, 9.17) is 0 Å². The number of aryl methyl sites for hydroxylation is 1. The second kappa shape index (κ2) is 5.53. The van der Waals surface area contributed by atoms with Gasteiger partial charge in [0.05, 0.1) is 7.11 Å². The summed E-state index contributed by atoms with van der Waals surface area (Å²) in [5.74, 6) is -2.01. The van der Waals surface area contributed by atoms with Crippen LogP contribution in [-0.4, -0.2) is 30.6 Å². The number of ether oxygens (including phenoxy) is 1. The van der Waals surface area contributed by atoms with Crippen molar-refractivity contribution in [1.82, 2.24) is 0 Å². The number of rotatable bonds is 3. The quantitative estimate of drug-likeness (QED) is 0.661. The second-order valence-electron chi connectivity index (χ2n) is 5.04. The van der Waals surface area contributed by atoms with Crippen molar-refractivity contribution in [3.05, 3.63) is 35.4 Å². The summed E-state index contributed by atoms with van der Waals surface area (Å²) < 4.78 is 4.67. The summed E-state index contributed by atoms with van der Waals surface area (Å²) in [6, 6.07) is 7.84. The van der Waals surface area contributed by atoms with Crippen molar-refractivity contribution < 1.29 is 19.4 Å². The van der Waals surface area contributed by atoms with Gasteiger partial charge in [0.2, 0.25) is 0 Å². The Morgan fingerprint density at radius 3 is 2.79 bits per heavy atom. The monoisotopic (exact) mass is 262 g/mol. The highest BCUT2D eigenvalue weighted by atomic mass is 16.5. The predicted molar refractivity (Wildman–Crippen MR) is 69.6 cm³/mol. The van der Waals surface area contributed by atoms with Crippen molar-refractivity contribution in [2.24, 2.45) is 11.8 Å². The number of ketones is 1. The zero-order chi connectivity index (χ0) is 14.0. The standard InChI is InChI=1S/C15H18O4/c1-9-4-3-5-10(6-9)11-7-13(17)14(12(11)8-16)15(18)19-2/h3-6,11-12,14,16H,7-8H2,1-2H3. The van der Waals surface area contributed by atoms with E-state index in [0.29, 0.717) is 0 Å². The van der Waals surface area contributed by atoms with Crippen LogP contribution in [0.15, 0.2) is 24.3 Å². The molecule has 102 valence electrons. The molecule has 1 saturated carbocycles. The zero-order valence-electron chi connectivity index (χ0n) is 11.1. The summed E-state index contributed by atoms with van der Waals surface area (Å²) >= 11 is 0. The summed E-state index contributed by atoms with van der Waals surface area (Å²) in [4.78, 5) is 23.7. The lowest BCUT2D eigenvalue weighted by atomic mass is 9.85. The molecule has 1 aliphatic carbocycles. The molecule has 0 spiro atoms. The van der Waals surface area contributed by atoms with E-state index in [1.165, 1.54) is 7.11 Å². The largest absolute Gasteiger partial charge is 0.468 e. The van der Waals surface area contributed by atoms with Crippen molar-refractivity contribution in [2.45, 2.75) is 19.3 Å². The average molecular weight is 262 g/mol. The van der Waals surface area contributed by atoms with E-state index in [1.807, 2.05) is 31.2 Å². The minimum atomic E-state index is -0.833. The van der Waals surface area contributed by atoms with Gasteiger partial charge in [-0.1, -0.05) is 29.8 Å². The van der Waals surface area contributed by atoms with E-state index in [0.717, 1.165) is 11.1 Å². The Morgan fingerprint density at radius 1 is 1.47 bits per heavy atom. The Balaban J connectivity index is 2.32. The third-order valence-corrected chi connectivity index (χ3v) is 3.85. The summed E-state index contributed by atoms with van der Waals surface area (Å²) in [7, 11) is 1.27. The van der Waals surface area contributed by atoms with Gasteiger partial charge in [0.25, 0.3) is 0 Å². The number of hydrogen-bond donors (Lipinski definition) is 1. The number of carbonyl (C=O) groups is 2. The van der Waals surface area contributed by atoms with Gasteiger partial charge >= 0.3 is 5.97 Å². The van der Waals surface area contributed by atoms with Gasteiger partial charge in [-0.3, -0.25) is 9.59 Å². The maximum Gasteiger partial charge on any atom is 0.316 e. The van der Waals surface area contributed by atoms with E-state index < -0.39 is 11.9 Å². The molecule has 4 nitrogen and oxygen atoms in total. The van der Waals surface area contributed by atoms with Crippen LogP contribution in [0.2, 0.25) is 0 Å². The summed E-state index contributed by atoms with van der Waals surface area (Å²) in [5, 5.41) is 9.54. The lowest BCUT2D eigenvalue weighted by Crippen LogP contribution is -2.29. The SMILES string of the molecule is COC(=O)C1C(=O)CC(c2cccc(C)c2)C1CO. The van der Waals surface area contributed by atoms with Crippen LogP contribution < -0.4 is 0 Å². The molecule has 1 aromatic rings. The fraction of sp³-hybridized carbons (Fsp3) is 0.467. The number of benzene rings is 1. The molecule has 0 radical (unpaired) electrons. The van der Waals surface area contributed by atoms with Gasteiger partial charge < -0.3 is 9.84 Å². The third-order valence-electron chi connectivity index (χ3n) is 3.85. The van der Waals surface area contributed by atoms with Crippen molar-refractivity contribution in [1.29, 1.82) is 0 Å². The van der Waals surface area contributed by atoms with Crippen LogP contribution >= 0.6 is 0 Å². The summed E-state index contributed by atoms with van der Waals surface area (Å²) in [5.41, 5.74) is 2.10. The zero-order valence-corrected chi connectivity index (χ0v) is 11.1. The Morgan fingerprint density at radius 2 is 2.21 bits per heavy atom. The first kappa shape index (κ1) is 13.7. The molecule has 1 fully saturated rings. The highest BCUT2D eigenvalue weighted by Gasteiger charge is 2.47. The first-order chi connectivity index (χ1) is 9.08. The van der Waals surface area contributed by atoms with Gasteiger partial charge in [0, 0.05) is 18.9 Å². The molecule has 3 atom stereocenters. The van der Waals surface area contributed by atoms with Gasteiger partial charge in [-0.15, -0.1) is 0 Å². The van der Waals surface area contributed by atoms with E-state index in [1.54, 1.807) is 0 Å². The number of carbonyl (C=O) groups excluding carboxylic acids is 2. The van der Waals surface area contributed by atoms with E-state index in [9.17, 15) is 14.7 Å². The molecule has 2 rings (SSSR count). The number of methoxy groups -OCH3 is 1. The molecular weight excluding hydrogens is 244 g/mol. The number of esters is 1. The topological polar surface area (TPSA) is 63.6 Å². The maximum atomic E-state index is 12.0. The molecular formula is C15H18O4. The molecule has 3 unspecified atom stereocenters. The van der Waals surface area contributed by atoms with Crippen molar-refractivity contribution in [2.75, 3.05) is 13.7 Å². The van der Waals surface area contributed by atoms with Crippen LogP contribution in [0.4, 0.5) is 0 Å². The minimum Gasteiger partial charge on any atom is -0.468 e. The minimum absolute atomic E-state index is 0.110. The molecule has 19 heavy (non-hydrogen) atoms. The molecule has 1 aromatic carbocycles. The normalized spacial score (nSPS) is 26.5. The number of aliphatic hydroxyl groups excluding tert-OH is 1. The molecule has 0 aromatic heterocycles. The Bertz CT molecular complexity index is 495. The van der Waals surface area contributed by atoms with Gasteiger partial charge in [-0.05, 0) is 18.4 Å². The average Bonchev–Trinajstić information content (AvgIpc) is 2.74. The third kappa shape index (κ3) is 2.54. The Hall–Kier alpha value is -1.68. The molecule has 0 aliphatic heterocycles. The highest BCUT2D eigenvalue weighted by Crippen LogP contribution is 2.41. The Labute approximate surface area is 112 Å². The molecule has 0 amide bonds. The number of Topliss-reactive ketones (excluding diaryl/α,β-unsaturated/α-hetero) is 1. The lowest BCUT2D eigenvalue weighted by molar-refractivity contribution is -0.150. The Kier molecular flexibility index (Phi) is 4.00. The van der Waals surface area contributed by atoms with Crippen LogP contribution in [0.25, 0.3) is 0 Å². The highest BCUT2D eigenvalue weighted by molar-refractivity contribution is 6.01. The van der Waals surface area contributed by atoms with Crippen molar-refractivity contribution in [3.8, 4) is 0 Å². The van der Waals surface area contributed by atoms with Crippen LogP contribution in [-0.2, 0) is 14.3 Å². The van der Waals surface area contributed by atoms with Crippen LogP contribution in [0.1, 0.15) is 23.5 Å². The number of aliphatic hydroxyl groups is 1. The summed E-state index contributed by atoms with van der Waals surface area (Å²) in [6.45, 7) is 1.79. The molecule has 0 bridgehead atoms. The van der Waals surface area contributed by atoms with E-state index in [2.05, 4.69) is 4.74 Å². The van der Waals surface area contributed by atoms with E-state index in [-0.39, 0.29) is 30.6 Å². The van der Waals surface area contributed by atoms with Crippen LogP contribution in [0.3, 0.4) is 0 Å².